The highest BCUT2D eigenvalue weighted by atomic mass is 16.1. The smallest absolute Gasteiger partial charge is 0.258 e. The average Bonchev–Trinajstić information content (AvgIpc) is 2.73. The number of rotatable bonds is 4. The van der Waals surface area contributed by atoms with Crippen LogP contribution in [0, 0.1) is 20.4 Å². The maximum Gasteiger partial charge on any atom is 0.258 e. The molecule has 0 unspecified atom stereocenters. The minimum absolute atomic E-state index is 0.0627. The first-order valence-electron chi connectivity index (χ1n) is 9.87. The largest absolute Gasteiger partial charge is 0.294 e. The Kier molecular flexibility index (Phi) is 5.28. The lowest BCUT2D eigenvalue weighted by atomic mass is 10.1. The van der Waals surface area contributed by atoms with Crippen molar-refractivity contribution in [3.05, 3.63) is 104 Å². The molecule has 2 heterocycles. The highest BCUT2D eigenvalue weighted by Crippen LogP contribution is 2.20. The van der Waals surface area contributed by atoms with Gasteiger partial charge in [-0.1, -0.05) is 54.1 Å². The molecule has 0 amide bonds. The third kappa shape index (κ3) is 4.13. The number of fused-ring (bicyclic) bond motifs is 1. The van der Waals surface area contributed by atoms with Gasteiger partial charge in [-0.3, -0.25) is 14.3 Å². The lowest BCUT2D eigenvalue weighted by molar-refractivity contribution is 0.240. The zero-order chi connectivity index (χ0) is 20.4. The number of benzene rings is 2. The molecule has 0 fully saturated rings. The van der Waals surface area contributed by atoms with Crippen molar-refractivity contribution in [3.8, 4) is 0 Å². The van der Waals surface area contributed by atoms with Gasteiger partial charge in [0.15, 0.2) is 5.69 Å². The fourth-order valence-corrected chi connectivity index (χ4v) is 3.87. The van der Waals surface area contributed by atoms with E-state index in [0.717, 1.165) is 47.7 Å². The summed E-state index contributed by atoms with van der Waals surface area (Å²) in [5, 5.41) is 0. The zero-order valence-corrected chi connectivity index (χ0v) is 16.9. The summed E-state index contributed by atoms with van der Waals surface area (Å²) in [6.45, 7) is 13.9. The van der Waals surface area contributed by atoms with E-state index >= 15 is 0 Å². The zero-order valence-electron chi connectivity index (χ0n) is 16.9. The van der Waals surface area contributed by atoms with Crippen LogP contribution >= 0.6 is 0 Å². The normalized spacial score (nSPS) is 13.7. The van der Waals surface area contributed by atoms with Crippen LogP contribution in [-0.2, 0) is 26.1 Å². The molecule has 0 saturated carbocycles. The highest BCUT2D eigenvalue weighted by Gasteiger charge is 2.22. The third-order valence-electron chi connectivity index (χ3n) is 5.49. The Morgan fingerprint density at radius 3 is 2.62 bits per heavy atom. The van der Waals surface area contributed by atoms with Crippen LogP contribution in [0.25, 0.3) is 4.85 Å². The third-order valence-corrected chi connectivity index (χ3v) is 5.49. The maximum absolute atomic E-state index is 13.3. The van der Waals surface area contributed by atoms with Crippen molar-refractivity contribution in [2.75, 3.05) is 6.54 Å². The summed E-state index contributed by atoms with van der Waals surface area (Å²) in [6, 6.07) is 16.0. The quantitative estimate of drug-likeness (QED) is 0.638. The Hall–Kier alpha value is -3.23. The first-order valence-corrected chi connectivity index (χ1v) is 9.87. The van der Waals surface area contributed by atoms with E-state index in [1.807, 2.05) is 31.2 Å². The van der Waals surface area contributed by atoms with Crippen molar-refractivity contribution in [1.29, 1.82) is 0 Å². The molecule has 5 heteroatoms. The van der Waals surface area contributed by atoms with Gasteiger partial charge in [-0.05, 0) is 25.0 Å². The fraction of sp³-hybridized carbons (Fsp3) is 0.292. The predicted molar refractivity (Wildman–Crippen MR) is 114 cm³/mol. The number of hydrogen-bond acceptors (Lipinski definition) is 3. The number of aromatic nitrogens is 2. The summed E-state index contributed by atoms with van der Waals surface area (Å²) in [5.41, 5.74) is 5.85. The Bertz CT molecular complexity index is 1140. The summed E-state index contributed by atoms with van der Waals surface area (Å²) >= 11 is 0. The van der Waals surface area contributed by atoms with Gasteiger partial charge in [-0.15, -0.1) is 0 Å². The van der Waals surface area contributed by atoms with Gasteiger partial charge in [0.2, 0.25) is 0 Å². The summed E-state index contributed by atoms with van der Waals surface area (Å²) in [6.07, 6.45) is 0.777. The SMILES string of the molecule is [C-]#[N+]c1cccc(CN2CCc3nc(C)n(Cc4ccc(C)cc4)c(=O)c3C2)c1. The number of hydrogen-bond donors (Lipinski definition) is 0. The summed E-state index contributed by atoms with van der Waals surface area (Å²) < 4.78 is 1.78. The van der Waals surface area contributed by atoms with Gasteiger partial charge in [0.05, 0.1) is 24.4 Å². The molecule has 0 N–H and O–H groups in total. The molecule has 4 rings (SSSR count). The highest BCUT2D eigenvalue weighted by molar-refractivity contribution is 5.46. The second kappa shape index (κ2) is 8.02. The summed E-state index contributed by atoms with van der Waals surface area (Å²) in [4.78, 5) is 23.8. The van der Waals surface area contributed by atoms with Gasteiger partial charge in [-0.25, -0.2) is 9.83 Å². The molecule has 1 aliphatic rings. The molecule has 1 aliphatic heterocycles. The molecular formula is C24H24N4O. The van der Waals surface area contributed by atoms with Crippen LogP contribution in [0.2, 0.25) is 0 Å². The molecule has 1 aromatic heterocycles. The van der Waals surface area contributed by atoms with E-state index < -0.39 is 0 Å². The van der Waals surface area contributed by atoms with Gasteiger partial charge in [0.25, 0.3) is 5.56 Å². The Balaban J connectivity index is 1.59. The van der Waals surface area contributed by atoms with Crippen LogP contribution in [0.3, 0.4) is 0 Å². The van der Waals surface area contributed by atoms with E-state index in [2.05, 4.69) is 40.9 Å². The summed E-state index contributed by atoms with van der Waals surface area (Å²) in [5.74, 6) is 0.771. The van der Waals surface area contributed by atoms with Crippen LogP contribution < -0.4 is 5.56 Å². The molecule has 0 radical (unpaired) electrons. The maximum atomic E-state index is 13.3. The van der Waals surface area contributed by atoms with E-state index in [1.54, 1.807) is 4.57 Å². The minimum Gasteiger partial charge on any atom is -0.294 e. The molecule has 146 valence electrons. The topological polar surface area (TPSA) is 42.5 Å². The average molecular weight is 384 g/mol. The molecule has 0 aliphatic carbocycles. The second-order valence-corrected chi connectivity index (χ2v) is 7.70. The van der Waals surface area contributed by atoms with E-state index in [9.17, 15) is 4.79 Å². The van der Waals surface area contributed by atoms with Crippen molar-refractivity contribution in [2.24, 2.45) is 0 Å². The van der Waals surface area contributed by atoms with Crippen LogP contribution in [0.5, 0.6) is 0 Å². The molecule has 0 bridgehead atoms. The summed E-state index contributed by atoms with van der Waals surface area (Å²) in [7, 11) is 0. The molecule has 5 nitrogen and oxygen atoms in total. The first kappa shape index (κ1) is 19.1. The standard InChI is InChI=1S/C24H24N4O/c1-17-7-9-19(10-8-17)15-28-18(2)26-23-11-12-27(16-22(23)24(28)29)14-20-5-4-6-21(13-20)25-3/h4-10,13H,11-12,14-16H2,1-2H3. The minimum atomic E-state index is 0.0627. The van der Waals surface area contributed by atoms with Crippen molar-refractivity contribution in [1.82, 2.24) is 14.5 Å². The monoisotopic (exact) mass is 384 g/mol. The van der Waals surface area contributed by atoms with Crippen molar-refractivity contribution in [3.63, 3.8) is 0 Å². The van der Waals surface area contributed by atoms with Gasteiger partial charge in [0.1, 0.15) is 5.82 Å². The van der Waals surface area contributed by atoms with Crippen LogP contribution in [0.15, 0.2) is 53.3 Å². The van der Waals surface area contributed by atoms with E-state index in [0.29, 0.717) is 18.8 Å². The van der Waals surface area contributed by atoms with Gasteiger partial charge >= 0.3 is 0 Å². The van der Waals surface area contributed by atoms with Gasteiger partial charge < -0.3 is 0 Å². The van der Waals surface area contributed by atoms with Gasteiger partial charge in [0, 0.05) is 26.1 Å². The second-order valence-electron chi connectivity index (χ2n) is 7.70. The molecule has 2 aromatic carbocycles. The van der Waals surface area contributed by atoms with Crippen LogP contribution in [-0.4, -0.2) is 21.0 Å². The predicted octanol–water partition coefficient (Wildman–Crippen LogP) is 4.02. The van der Waals surface area contributed by atoms with Gasteiger partial charge in [-0.2, -0.15) is 0 Å². The Morgan fingerprint density at radius 1 is 1.07 bits per heavy atom. The first-order chi connectivity index (χ1) is 14.0. The lowest BCUT2D eigenvalue weighted by Gasteiger charge is -2.28. The fourth-order valence-electron chi connectivity index (χ4n) is 3.87. The molecule has 29 heavy (non-hydrogen) atoms. The molecule has 0 atom stereocenters. The Labute approximate surface area is 171 Å². The molecule has 3 aromatic rings. The van der Waals surface area contributed by atoms with Crippen molar-refractivity contribution >= 4 is 5.69 Å². The van der Waals surface area contributed by atoms with Crippen LogP contribution in [0.4, 0.5) is 5.69 Å². The van der Waals surface area contributed by atoms with Crippen molar-refractivity contribution in [2.45, 2.75) is 39.9 Å². The number of nitrogens with zero attached hydrogens (tertiary/aromatic N) is 4. The molecular weight excluding hydrogens is 360 g/mol. The van der Waals surface area contributed by atoms with E-state index in [4.69, 9.17) is 11.6 Å². The lowest BCUT2D eigenvalue weighted by Crippen LogP contribution is -2.38. The van der Waals surface area contributed by atoms with E-state index in [-0.39, 0.29) is 5.56 Å². The Morgan fingerprint density at radius 2 is 1.86 bits per heavy atom. The van der Waals surface area contributed by atoms with Crippen molar-refractivity contribution < 1.29 is 0 Å². The number of aryl methyl sites for hydroxylation is 2. The molecule has 0 spiro atoms. The van der Waals surface area contributed by atoms with E-state index in [1.165, 1.54) is 5.56 Å². The molecule has 0 saturated heterocycles. The van der Waals surface area contributed by atoms with Crippen LogP contribution in [0.1, 0.15) is 33.8 Å².